The molecule has 3 heteroatoms. The van der Waals surface area contributed by atoms with Crippen LogP contribution in [0.5, 0.6) is 0 Å². The van der Waals surface area contributed by atoms with Gasteiger partial charge in [0.25, 0.3) is 0 Å². The lowest BCUT2D eigenvalue weighted by molar-refractivity contribution is 0.828. The summed E-state index contributed by atoms with van der Waals surface area (Å²) in [6.45, 7) is 30.9. The maximum Gasteiger partial charge on any atom is 0.0546 e. The monoisotopic (exact) mass is 778 g/mol. The van der Waals surface area contributed by atoms with E-state index in [-0.39, 0.29) is 4.64 Å². The highest BCUT2D eigenvalue weighted by atomic mass is 31.2. The average molecular weight is 779 g/mol. The quantitative estimate of drug-likeness (QED) is 0.115. The van der Waals surface area contributed by atoms with Crippen LogP contribution in [0.2, 0.25) is 0 Å². The standard InChI is InChI=1S/C52H61P3/c1-14-33-52(53(46-27-15-21-34(2)40(46)8)47-28-16-22-35(3)41(47)9,54(48-29-17-23-36(4)42(48)10)49-30-18-24-37(5)43(49)11)55(50-31-19-25-38(6)44(50)12)51-32-20-26-39(7)45(51)13/h15-32H,14,33H2,1-13H3. The van der Waals surface area contributed by atoms with Crippen molar-refractivity contribution in [1.82, 2.24) is 0 Å². The van der Waals surface area contributed by atoms with Gasteiger partial charge in [0.2, 0.25) is 0 Å². The lowest BCUT2D eigenvalue weighted by Crippen LogP contribution is -2.44. The topological polar surface area (TPSA) is 0 Å². The average Bonchev–Trinajstić information content (AvgIpc) is 3.15. The van der Waals surface area contributed by atoms with Crippen molar-refractivity contribution in [2.45, 2.75) is 107 Å². The van der Waals surface area contributed by atoms with Crippen LogP contribution in [0.25, 0.3) is 0 Å². The molecule has 0 atom stereocenters. The Kier molecular flexibility index (Phi) is 12.7. The summed E-state index contributed by atoms with van der Waals surface area (Å²) >= 11 is 0. The Morgan fingerprint density at radius 3 is 0.655 bits per heavy atom. The van der Waals surface area contributed by atoms with Gasteiger partial charge in [-0.25, -0.2) is 0 Å². The highest BCUT2D eigenvalue weighted by Gasteiger charge is 2.55. The van der Waals surface area contributed by atoms with Crippen LogP contribution in [0.1, 0.15) is 86.5 Å². The predicted molar refractivity (Wildman–Crippen MR) is 252 cm³/mol. The minimum Gasteiger partial charge on any atom is -0.0653 e. The van der Waals surface area contributed by atoms with Crippen LogP contribution in [-0.2, 0) is 0 Å². The van der Waals surface area contributed by atoms with Crippen molar-refractivity contribution < 1.29 is 0 Å². The molecule has 6 rings (SSSR count). The van der Waals surface area contributed by atoms with E-state index in [4.69, 9.17) is 0 Å². The Morgan fingerprint density at radius 1 is 0.309 bits per heavy atom. The maximum atomic E-state index is 2.53. The van der Waals surface area contributed by atoms with Crippen LogP contribution in [0.4, 0.5) is 0 Å². The molecular weight excluding hydrogens is 717 g/mol. The van der Waals surface area contributed by atoms with Gasteiger partial charge in [-0.2, -0.15) is 0 Å². The fourth-order valence-electron chi connectivity index (χ4n) is 8.38. The first kappa shape index (κ1) is 41.2. The van der Waals surface area contributed by atoms with E-state index in [2.05, 4.69) is 199 Å². The van der Waals surface area contributed by atoms with Crippen molar-refractivity contribution in [3.8, 4) is 0 Å². The molecule has 0 amide bonds. The fourth-order valence-corrected chi connectivity index (χ4v) is 23.6. The smallest absolute Gasteiger partial charge is 0.0546 e. The number of benzene rings is 6. The first-order chi connectivity index (χ1) is 26.3. The molecule has 0 heterocycles. The van der Waals surface area contributed by atoms with Gasteiger partial charge in [0, 0.05) is 0 Å². The molecule has 0 saturated heterocycles. The molecule has 0 aliphatic carbocycles. The summed E-state index contributed by atoms with van der Waals surface area (Å²) in [4.78, 5) is 0. The molecule has 0 radical (unpaired) electrons. The first-order valence-corrected chi connectivity index (χ1v) is 24.1. The zero-order valence-corrected chi connectivity index (χ0v) is 38.3. The Balaban J connectivity index is 2.00. The van der Waals surface area contributed by atoms with E-state index in [1.165, 1.54) is 66.8 Å². The molecule has 0 fully saturated rings. The third kappa shape index (κ3) is 7.46. The summed E-state index contributed by atoms with van der Waals surface area (Å²) < 4.78 is -0.180. The van der Waals surface area contributed by atoms with Crippen molar-refractivity contribution >= 4 is 55.6 Å². The second-order valence-electron chi connectivity index (χ2n) is 15.8. The number of rotatable bonds is 11. The van der Waals surface area contributed by atoms with Crippen LogP contribution in [0.3, 0.4) is 0 Å². The van der Waals surface area contributed by atoms with Gasteiger partial charge in [-0.05, 0) is 212 Å². The van der Waals surface area contributed by atoms with Crippen LogP contribution in [-0.4, -0.2) is 4.64 Å². The molecule has 0 spiro atoms. The molecule has 0 aliphatic rings. The SMILES string of the molecule is CCCC(P(c1cccc(C)c1C)c1cccc(C)c1C)(P(c1cccc(C)c1C)c1cccc(C)c1C)P(c1cccc(C)c1C)c1cccc(C)c1C. The molecule has 0 unspecified atom stereocenters. The van der Waals surface area contributed by atoms with Crippen LogP contribution in [0.15, 0.2) is 109 Å². The molecule has 6 aromatic rings. The maximum absolute atomic E-state index is 2.53. The Hall–Kier alpha value is -3.39. The molecule has 6 aromatic carbocycles. The Morgan fingerprint density at radius 2 is 0.491 bits per heavy atom. The van der Waals surface area contributed by atoms with Gasteiger partial charge in [-0.3, -0.25) is 0 Å². The third-order valence-corrected chi connectivity index (χ3v) is 24.8. The van der Waals surface area contributed by atoms with Gasteiger partial charge in [0.1, 0.15) is 0 Å². The molecule has 0 saturated carbocycles. The summed E-state index contributed by atoms with van der Waals surface area (Å²) in [5.74, 6) is 0. The second kappa shape index (κ2) is 17.0. The third-order valence-electron chi connectivity index (χ3n) is 12.6. The molecule has 55 heavy (non-hydrogen) atoms. The summed E-state index contributed by atoms with van der Waals surface area (Å²) in [5.41, 5.74) is 17.0. The van der Waals surface area contributed by atoms with E-state index >= 15 is 0 Å². The lowest BCUT2D eigenvalue weighted by Gasteiger charge is -2.54. The molecule has 0 nitrogen and oxygen atoms in total. The summed E-state index contributed by atoms with van der Waals surface area (Å²) in [6.07, 6.45) is 2.20. The van der Waals surface area contributed by atoms with Crippen LogP contribution in [0, 0.1) is 83.1 Å². The zero-order chi connectivity index (χ0) is 39.8. The molecular formula is C52H61P3. The molecule has 0 aromatic heterocycles. The van der Waals surface area contributed by atoms with E-state index in [1.54, 1.807) is 31.8 Å². The largest absolute Gasteiger partial charge is 0.0653 e. The summed E-state index contributed by atoms with van der Waals surface area (Å²) in [5, 5.41) is 9.27. The Labute approximate surface area is 337 Å². The van der Waals surface area contributed by atoms with E-state index in [0.717, 1.165) is 12.8 Å². The van der Waals surface area contributed by atoms with E-state index in [0.29, 0.717) is 0 Å². The van der Waals surface area contributed by atoms with Crippen LogP contribution >= 0.6 is 23.8 Å². The minimum absolute atomic E-state index is 0.180. The first-order valence-electron chi connectivity index (χ1n) is 20.0. The normalized spacial score (nSPS) is 12.0. The highest BCUT2D eigenvalue weighted by molar-refractivity contribution is 8.05. The highest BCUT2D eigenvalue weighted by Crippen LogP contribution is 2.80. The summed E-state index contributed by atoms with van der Waals surface area (Å²) in [6, 6.07) is 43.2. The molecule has 284 valence electrons. The number of aryl methyl sites for hydroxylation is 6. The van der Waals surface area contributed by atoms with Crippen LogP contribution < -0.4 is 31.8 Å². The zero-order valence-electron chi connectivity index (χ0n) is 35.6. The Bertz CT molecular complexity index is 1940. The van der Waals surface area contributed by atoms with E-state index < -0.39 is 23.8 Å². The van der Waals surface area contributed by atoms with Gasteiger partial charge in [-0.15, -0.1) is 0 Å². The summed E-state index contributed by atoms with van der Waals surface area (Å²) in [7, 11) is -2.95. The molecule has 0 N–H and O–H groups in total. The molecule has 0 bridgehead atoms. The van der Waals surface area contributed by atoms with Crippen molar-refractivity contribution in [2.24, 2.45) is 0 Å². The minimum atomic E-state index is -0.982. The second-order valence-corrected chi connectivity index (χ2v) is 24.1. The van der Waals surface area contributed by atoms with E-state index in [9.17, 15) is 0 Å². The van der Waals surface area contributed by atoms with Gasteiger partial charge in [0.15, 0.2) is 0 Å². The fraction of sp³-hybridized carbons (Fsp3) is 0.308. The number of hydrogen-bond acceptors (Lipinski definition) is 0. The van der Waals surface area contributed by atoms with Gasteiger partial charge in [0.05, 0.1) is 4.64 Å². The lowest BCUT2D eigenvalue weighted by atomic mass is 10.1. The van der Waals surface area contributed by atoms with Crippen molar-refractivity contribution in [3.05, 3.63) is 176 Å². The van der Waals surface area contributed by atoms with Crippen molar-refractivity contribution in [1.29, 1.82) is 0 Å². The predicted octanol–water partition coefficient (Wildman–Crippen LogP) is 12.5. The van der Waals surface area contributed by atoms with Gasteiger partial charge in [-0.1, -0.05) is 123 Å². The van der Waals surface area contributed by atoms with Crippen molar-refractivity contribution in [2.75, 3.05) is 0 Å². The van der Waals surface area contributed by atoms with Gasteiger partial charge >= 0.3 is 0 Å². The van der Waals surface area contributed by atoms with E-state index in [1.807, 2.05) is 0 Å². The van der Waals surface area contributed by atoms with Crippen molar-refractivity contribution in [3.63, 3.8) is 0 Å². The molecule has 0 aliphatic heterocycles. The number of hydrogen-bond donors (Lipinski definition) is 0. The van der Waals surface area contributed by atoms with Gasteiger partial charge < -0.3 is 0 Å².